The van der Waals surface area contributed by atoms with E-state index >= 15 is 0 Å². The molecule has 0 aliphatic carbocycles. The summed E-state index contributed by atoms with van der Waals surface area (Å²) in [5.41, 5.74) is 0.762. The molecule has 0 saturated carbocycles. The van der Waals surface area contributed by atoms with Crippen molar-refractivity contribution in [1.29, 1.82) is 0 Å². The van der Waals surface area contributed by atoms with Crippen LogP contribution in [0.15, 0.2) is 30.3 Å². The van der Waals surface area contributed by atoms with Crippen molar-refractivity contribution in [2.45, 2.75) is 49.8 Å². The summed E-state index contributed by atoms with van der Waals surface area (Å²) in [4.78, 5) is 12.4. The van der Waals surface area contributed by atoms with Crippen LogP contribution < -0.4 is 0 Å². The molecule has 1 aromatic carbocycles. The number of halogens is 1. The van der Waals surface area contributed by atoms with Gasteiger partial charge in [0, 0.05) is 25.7 Å². The van der Waals surface area contributed by atoms with Crippen molar-refractivity contribution in [3.63, 3.8) is 0 Å². The number of aliphatic hydroxyl groups excluding tert-OH is 1. The summed E-state index contributed by atoms with van der Waals surface area (Å²) in [6, 6.07) is 9.27. The van der Waals surface area contributed by atoms with E-state index < -0.39 is 5.92 Å². The highest BCUT2D eigenvalue weighted by Gasteiger charge is 2.48. The van der Waals surface area contributed by atoms with Crippen molar-refractivity contribution in [3.05, 3.63) is 41.1 Å². The maximum Gasteiger partial charge on any atom is 0.316 e. The second-order valence-electron chi connectivity index (χ2n) is 6.62. The molecule has 0 spiro atoms. The van der Waals surface area contributed by atoms with E-state index in [4.69, 9.17) is 4.74 Å². The molecular weight excluding hydrogens is 318 g/mol. The van der Waals surface area contributed by atoms with Gasteiger partial charge in [0.15, 0.2) is 0 Å². The molecule has 1 aromatic rings. The first-order valence-electron chi connectivity index (χ1n) is 7.95. The largest absolute Gasteiger partial charge is 0.633 e. The van der Waals surface area contributed by atoms with Crippen LogP contribution in [0.5, 0.6) is 0 Å². The van der Waals surface area contributed by atoms with Crippen LogP contribution in [0.2, 0.25) is 0 Å². The fourth-order valence-electron chi connectivity index (χ4n) is 3.90. The summed E-state index contributed by atoms with van der Waals surface area (Å²) in [6.45, 7) is -0.266. The van der Waals surface area contributed by atoms with E-state index in [1.165, 1.54) is 0 Å². The number of quaternary nitrogens is 1. The van der Waals surface area contributed by atoms with E-state index in [0.29, 0.717) is 12.8 Å². The molecule has 2 bridgehead atoms. The Hall–Kier alpha value is -1.14. The molecule has 2 heterocycles. The Balaban J connectivity index is 0.00000192. The monoisotopic (exact) mass is 341 g/mol. The zero-order chi connectivity index (χ0) is 15.7. The molecule has 3 rings (SSSR count). The minimum Gasteiger partial charge on any atom is -0.633 e. The minimum atomic E-state index is -0.645. The van der Waals surface area contributed by atoms with Gasteiger partial charge in [-0.15, -0.1) is 12.4 Å². The Bertz CT molecular complexity index is 521. The van der Waals surface area contributed by atoms with Gasteiger partial charge in [0.2, 0.25) is 0 Å². The summed E-state index contributed by atoms with van der Waals surface area (Å²) < 4.78 is 5.44. The predicted octanol–water partition coefficient (Wildman–Crippen LogP) is 2.37. The Labute approximate surface area is 142 Å². The smallest absolute Gasteiger partial charge is 0.316 e. The van der Waals surface area contributed by atoms with Gasteiger partial charge in [-0.25, -0.2) is 0 Å². The van der Waals surface area contributed by atoms with Crippen LogP contribution in [0, 0.1) is 5.21 Å². The number of carbonyl (C=O) groups is 1. The van der Waals surface area contributed by atoms with Gasteiger partial charge in [-0.05, 0) is 5.56 Å². The highest BCUT2D eigenvalue weighted by molar-refractivity contribution is 5.85. The van der Waals surface area contributed by atoms with Crippen LogP contribution in [0.25, 0.3) is 0 Å². The first-order valence-corrected chi connectivity index (χ1v) is 7.95. The number of hydrogen-bond donors (Lipinski definition) is 1. The molecule has 3 atom stereocenters. The number of esters is 1. The lowest BCUT2D eigenvalue weighted by Crippen LogP contribution is -2.55. The van der Waals surface area contributed by atoms with Gasteiger partial charge in [-0.1, -0.05) is 30.3 Å². The summed E-state index contributed by atoms with van der Waals surface area (Å²) >= 11 is 0. The van der Waals surface area contributed by atoms with Crippen LogP contribution in [0.1, 0.15) is 37.2 Å². The fraction of sp³-hybridized carbons (Fsp3) is 0.588. The maximum atomic E-state index is 12.4. The highest BCUT2D eigenvalue weighted by Crippen LogP contribution is 2.41. The zero-order valence-corrected chi connectivity index (χ0v) is 14.1. The predicted molar refractivity (Wildman–Crippen MR) is 89.0 cm³/mol. The molecule has 2 aliphatic rings. The van der Waals surface area contributed by atoms with Gasteiger partial charge >= 0.3 is 5.97 Å². The van der Waals surface area contributed by atoms with Gasteiger partial charge < -0.3 is 19.7 Å². The van der Waals surface area contributed by atoms with Crippen molar-refractivity contribution in [2.24, 2.45) is 0 Å². The van der Waals surface area contributed by atoms with Crippen LogP contribution in [-0.2, 0) is 9.53 Å². The number of hydroxylamine groups is 3. The van der Waals surface area contributed by atoms with Gasteiger partial charge in [0.1, 0.15) is 12.0 Å². The standard InChI is InChI=1S/C17H23NO4.ClH/c1-18(21)13-7-8-14(18)10-15(9-13)22-17(20)16(11-19)12-5-3-2-4-6-12;/h2-6,13-16,19H,7-11H2,1H3;1H. The number of carbonyl (C=O) groups excluding carboxylic acids is 1. The first-order chi connectivity index (χ1) is 10.5. The van der Waals surface area contributed by atoms with Crippen molar-refractivity contribution in [1.82, 2.24) is 0 Å². The number of benzene rings is 1. The summed E-state index contributed by atoms with van der Waals surface area (Å²) in [5, 5.41) is 22.0. The number of piperidine rings is 1. The molecule has 23 heavy (non-hydrogen) atoms. The fourth-order valence-corrected chi connectivity index (χ4v) is 3.90. The third-order valence-electron chi connectivity index (χ3n) is 5.30. The van der Waals surface area contributed by atoms with E-state index in [1.807, 2.05) is 30.3 Å². The molecule has 5 nitrogen and oxygen atoms in total. The van der Waals surface area contributed by atoms with E-state index in [-0.39, 0.29) is 47.8 Å². The SMILES string of the molecule is C[N+]1([O-])C2CCC1CC(OC(=O)C(CO)c1ccccc1)C2.Cl. The van der Waals surface area contributed by atoms with Crippen LogP contribution in [0.4, 0.5) is 0 Å². The van der Waals surface area contributed by atoms with Gasteiger partial charge in [-0.3, -0.25) is 4.79 Å². The Morgan fingerprint density at radius 1 is 1.30 bits per heavy atom. The molecule has 128 valence electrons. The van der Waals surface area contributed by atoms with Crippen molar-refractivity contribution in [2.75, 3.05) is 13.7 Å². The van der Waals surface area contributed by atoms with Gasteiger partial charge in [-0.2, -0.15) is 0 Å². The number of fused-ring (bicyclic) bond motifs is 2. The molecule has 2 saturated heterocycles. The Morgan fingerprint density at radius 2 is 1.87 bits per heavy atom. The molecule has 0 amide bonds. The number of rotatable bonds is 4. The number of ether oxygens (including phenoxy) is 1. The second-order valence-corrected chi connectivity index (χ2v) is 6.62. The third-order valence-corrected chi connectivity index (χ3v) is 5.30. The maximum absolute atomic E-state index is 12.4. The van der Waals surface area contributed by atoms with Crippen molar-refractivity contribution < 1.29 is 19.3 Å². The molecule has 1 N–H and O–H groups in total. The Kier molecular flexibility index (Phi) is 5.68. The van der Waals surface area contributed by atoms with Crippen molar-refractivity contribution >= 4 is 18.4 Å². The summed E-state index contributed by atoms with van der Waals surface area (Å²) in [5.74, 6) is -1.03. The molecule has 0 radical (unpaired) electrons. The Morgan fingerprint density at radius 3 is 2.39 bits per heavy atom. The summed E-state index contributed by atoms with van der Waals surface area (Å²) in [6.07, 6.45) is 2.91. The van der Waals surface area contributed by atoms with Crippen LogP contribution >= 0.6 is 12.4 Å². The van der Waals surface area contributed by atoms with Crippen LogP contribution in [-0.4, -0.2) is 47.6 Å². The molecule has 0 aromatic heterocycles. The molecule has 6 heteroatoms. The molecule has 3 unspecified atom stereocenters. The van der Waals surface area contributed by atoms with Crippen molar-refractivity contribution in [3.8, 4) is 0 Å². The lowest BCUT2D eigenvalue weighted by molar-refractivity contribution is -0.903. The topological polar surface area (TPSA) is 69.6 Å². The number of aliphatic hydroxyl groups is 1. The lowest BCUT2D eigenvalue weighted by atomic mass is 9.98. The average Bonchev–Trinajstić information content (AvgIpc) is 2.68. The molecule has 2 fully saturated rings. The normalized spacial score (nSPS) is 33.6. The van der Waals surface area contributed by atoms with E-state index in [0.717, 1.165) is 18.4 Å². The third kappa shape index (κ3) is 3.53. The average molecular weight is 342 g/mol. The summed E-state index contributed by atoms with van der Waals surface area (Å²) in [7, 11) is 1.74. The lowest BCUT2D eigenvalue weighted by Gasteiger charge is -2.50. The first kappa shape index (κ1) is 18.2. The van der Waals surface area contributed by atoms with Gasteiger partial charge in [0.05, 0.1) is 25.7 Å². The minimum absolute atomic E-state index is 0. The second kappa shape index (κ2) is 7.18. The molecular formula is C17H24ClNO4. The molecule has 2 aliphatic heterocycles. The van der Waals surface area contributed by atoms with E-state index in [9.17, 15) is 15.1 Å². The van der Waals surface area contributed by atoms with E-state index in [1.54, 1.807) is 7.05 Å². The highest BCUT2D eigenvalue weighted by atomic mass is 35.5. The van der Waals surface area contributed by atoms with Gasteiger partial charge in [0.25, 0.3) is 0 Å². The quantitative estimate of drug-likeness (QED) is 0.518. The number of nitrogens with zero attached hydrogens (tertiary/aromatic N) is 1. The van der Waals surface area contributed by atoms with E-state index in [2.05, 4.69) is 0 Å². The van der Waals surface area contributed by atoms with Crippen LogP contribution in [0.3, 0.4) is 0 Å². The zero-order valence-electron chi connectivity index (χ0n) is 13.3. The number of hydrogen-bond acceptors (Lipinski definition) is 4.